The predicted octanol–water partition coefficient (Wildman–Crippen LogP) is 3.09. The van der Waals surface area contributed by atoms with Crippen molar-refractivity contribution in [3.05, 3.63) is 65.7 Å². The second-order valence-corrected chi connectivity index (χ2v) is 6.59. The normalized spacial score (nSPS) is 11.7. The predicted molar refractivity (Wildman–Crippen MR) is 86.3 cm³/mol. The van der Waals surface area contributed by atoms with Gasteiger partial charge in [0.15, 0.2) is 0 Å². The molecule has 0 atom stereocenters. The maximum Gasteiger partial charge on any atom is 0.295 e. The summed E-state index contributed by atoms with van der Waals surface area (Å²) >= 11 is 0. The van der Waals surface area contributed by atoms with Crippen LogP contribution in [0.4, 0.5) is 0 Å². The van der Waals surface area contributed by atoms with Crippen LogP contribution >= 0.6 is 0 Å². The van der Waals surface area contributed by atoms with Crippen molar-refractivity contribution in [2.45, 2.75) is 11.3 Å². The van der Waals surface area contributed by atoms with E-state index in [-0.39, 0.29) is 22.8 Å². The summed E-state index contributed by atoms with van der Waals surface area (Å²) in [5.74, 6) is -0.158. The molecule has 0 spiro atoms. The quantitative estimate of drug-likeness (QED) is 0.642. The van der Waals surface area contributed by atoms with Crippen molar-refractivity contribution in [3.63, 3.8) is 0 Å². The van der Waals surface area contributed by atoms with E-state index in [4.69, 9.17) is 0 Å². The molecule has 3 N–H and O–H groups in total. The van der Waals surface area contributed by atoms with E-state index in [0.717, 1.165) is 6.07 Å². The first-order chi connectivity index (χ1) is 10.9. The molecular formula is C17H14O5S. The fraction of sp³-hybridized carbons (Fsp3) is 0.0588. The Hall–Kier alpha value is -2.57. The third-order valence-electron chi connectivity index (χ3n) is 3.73. The zero-order valence-corrected chi connectivity index (χ0v) is 12.8. The molecule has 0 heterocycles. The van der Waals surface area contributed by atoms with Crippen LogP contribution in [0.1, 0.15) is 11.1 Å². The minimum atomic E-state index is -4.46. The number of hydrogen-bond acceptors (Lipinski definition) is 4. The molecule has 0 radical (unpaired) electrons. The molecule has 0 unspecified atom stereocenters. The van der Waals surface area contributed by atoms with Gasteiger partial charge in [0, 0.05) is 23.4 Å². The highest BCUT2D eigenvalue weighted by Crippen LogP contribution is 2.35. The van der Waals surface area contributed by atoms with Crippen molar-refractivity contribution in [2.24, 2.45) is 0 Å². The molecule has 3 aromatic rings. The molecule has 0 saturated heterocycles. The van der Waals surface area contributed by atoms with Gasteiger partial charge in [-0.15, -0.1) is 0 Å². The van der Waals surface area contributed by atoms with Crippen LogP contribution in [0.15, 0.2) is 59.5 Å². The van der Waals surface area contributed by atoms with Crippen molar-refractivity contribution in [1.29, 1.82) is 0 Å². The lowest BCUT2D eigenvalue weighted by molar-refractivity contribution is 0.459. The van der Waals surface area contributed by atoms with Crippen LogP contribution in [0.25, 0.3) is 10.8 Å². The molecule has 0 saturated carbocycles. The van der Waals surface area contributed by atoms with Gasteiger partial charge in [-0.25, -0.2) is 0 Å². The van der Waals surface area contributed by atoms with Gasteiger partial charge in [0.1, 0.15) is 16.4 Å². The highest BCUT2D eigenvalue weighted by Gasteiger charge is 2.19. The minimum Gasteiger partial charge on any atom is -0.508 e. The first kappa shape index (κ1) is 15.3. The summed E-state index contributed by atoms with van der Waals surface area (Å²) in [7, 11) is -4.46. The fourth-order valence-electron chi connectivity index (χ4n) is 2.64. The number of phenolic OH excluding ortho intramolecular Hbond substituents is 2. The molecule has 5 nitrogen and oxygen atoms in total. The third kappa shape index (κ3) is 2.86. The van der Waals surface area contributed by atoms with Crippen LogP contribution in [0.3, 0.4) is 0 Å². The molecular weight excluding hydrogens is 316 g/mol. The summed E-state index contributed by atoms with van der Waals surface area (Å²) in [6, 6.07) is 14.3. The number of benzene rings is 3. The van der Waals surface area contributed by atoms with Gasteiger partial charge in [-0.3, -0.25) is 4.55 Å². The van der Waals surface area contributed by atoms with E-state index in [2.05, 4.69) is 0 Å². The van der Waals surface area contributed by atoms with Crippen LogP contribution in [0.2, 0.25) is 0 Å². The lowest BCUT2D eigenvalue weighted by atomic mass is 9.97. The Balaban J connectivity index is 2.27. The maximum absolute atomic E-state index is 11.5. The minimum absolute atomic E-state index is 0.0924. The molecule has 0 aliphatic heterocycles. The highest BCUT2D eigenvalue weighted by atomic mass is 32.2. The van der Waals surface area contributed by atoms with Crippen molar-refractivity contribution in [3.8, 4) is 11.5 Å². The molecule has 6 heteroatoms. The summed E-state index contributed by atoms with van der Waals surface area (Å²) < 4.78 is 32.4. The van der Waals surface area contributed by atoms with Gasteiger partial charge in [-0.2, -0.15) is 8.42 Å². The Bertz CT molecular complexity index is 993. The molecule has 3 aromatic carbocycles. The maximum atomic E-state index is 11.5. The first-order valence-corrected chi connectivity index (χ1v) is 8.30. The second-order valence-electron chi connectivity index (χ2n) is 5.20. The van der Waals surface area contributed by atoms with E-state index < -0.39 is 10.1 Å². The molecule has 0 fully saturated rings. The summed E-state index contributed by atoms with van der Waals surface area (Å²) in [6.07, 6.45) is 0.227. The zero-order valence-electron chi connectivity index (χ0n) is 12.0. The Morgan fingerprint density at radius 2 is 1.43 bits per heavy atom. The van der Waals surface area contributed by atoms with Gasteiger partial charge in [-0.05, 0) is 17.0 Å². The van der Waals surface area contributed by atoms with E-state index in [1.807, 2.05) is 0 Å². The summed E-state index contributed by atoms with van der Waals surface area (Å²) in [6.45, 7) is 0. The Kier molecular flexibility index (Phi) is 3.71. The van der Waals surface area contributed by atoms with Crippen LogP contribution in [0, 0.1) is 0 Å². The molecule has 0 aliphatic rings. The molecule has 3 rings (SSSR count). The van der Waals surface area contributed by atoms with Gasteiger partial charge >= 0.3 is 0 Å². The molecule has 0 amide bonds. The van der Waals surface area contributed by atoms with Crippen LogP contribution in [0.5, 0.6) is 11.5 Å². The van der Waals surface area contributed by atoms with Gasteiger partial charge in [0.25, 0.3) is 10.1 Å². The molecule has 0 bridgehead atoms. The van der Waals surface area contributed by atoms with E-state index >= 15 is 0 Å². The topological polar surface area (TPSA) is 94.8 Å². The lowest BCUT2D eigenvalue weighted by Gasteiger charge is -2.13. The van der Waals surface area contributed by atoms with Crippen LogP contribution < -0.4 is 0 Å². The van der Waals surface area contributed by atoms with Crippen molar-refractivity contribution in [1.82, 2.24) is 0 Å². The van der Waals surface area contributed by atoms with Gasteiger partial charge in [0.05, 0.1) is 0 Å². The van der Waals surface area contributed by atoms with Crippen molar-refractivity contribution in [2.75, 3.05) is 0 Å². The number of rotatable bonds is 3. The summed E-state index contributed by atoms with van der Waals surface area (Å²) in [4.78, 5) is -0.341. The number of para-hydroxylation sites is 1. The Labute approximate surface area is 133 Å². The van der Waals surface area contributed by atoms with E-state index in [1.165, 1.54) is 0 Å². The monoisotopic (exact) mass is 330 g/mol. The SMILES string of the molecule is O=S(=O)(O)c1cc(O)c(Cc2ccccc2O)c2ccccc12. The highest BCUT2D eigenvalue weighted by molar-refractivity contribution is 7.86. The number of aromatic hydroxyl groups is 2. The standard InChI is InChI=1S/C17H14O5S/c18-15-8-4-1-5-11(15)9-14-12-6-2-3-7-13(12)17(10-16(14)19)23(20,21)22/h1-8,10,18-19H,9H2,(H,20,21,22). The largest absolute Gasteiger partial charge is 0.508 e. The van der Waals surface area contributed by atoms with E-state index in [0.29, 0.717) is 21.9 Å². The average Bonchev–Trinajstić information content (AvgIpc) is 2.50. The summed E-state index contributed by atoms with van der Waals surface area (Å²) in [5, 5.41) is 21.0. The second kappa shape index (κ2) is 5.57. The lowest BCUT2D eigenvalue weighted by Crippen LogP contribution is -2.01. The first-order valence-electron chi connectivity index (χ1n) is 6.86. The van der Waals surface area contributed by atoms with Gasteiger partial charge < -0.3 is 10.2 Å². The Morgan fingerprint density at radius 3 is 2.09 bits per heavy atom. The Morgan fingerprint density at radius 1 is 0.826 bits per heavy atom. The number of phenols is 2. The van der Waals surface area contributed by atoms with E-state index in [1.54, 1.807) is 48.5 Å². The van der Waals surface area contributed by atoms with Crippen LogP contribution in [-0.4, -0.2) is 23.2 Å². The number of hydrogen-bond donors (Lipinski definition) is 3. The molecule has 23 heavy (non-hydrogen) atoms. The molecule has 0 aromatic heterocycles. The van der Waals surface area contributed by atoms with E-state index in [9.17, 15) is 23.2 Å². The van der Waals surface area contributed by atoms with Crippen LogP contribution in [-0.2, 0) is 16.5 Å². The fourth-order valence-corrected chi connectivity index (χ4v) is 3.35. The summed E-state index contributed by atoms with van der Waals surface area (Å²) in [5.41, 5.74) is 1.09. The van der Waals surface area contributed by atoms with Crippen molar-refractivity contribution >= 4 is 20.9 Å². The smallest absolute Gasteiger partial charge is 0.295 e. The van der Waals surface area contributed by atoms with Gasteiger partial charge in [0.2, 0.25) is 0 Å². The zero-order chi connectivity index (χ0) is 16.6. The van der Waals surface area contributed by atoms with Crippen molar-refractivity contribution < 1.29 is 23.2 Å². The molecule has 118 valence electrons. The third-order valence-corrected chi connectivity index (χ3v) is 4.62. The average molecular weight is 330 g/mol. The van der Waals surface area contributed by atoms with Gasteiger partial charge in [-0.1, -0.05) is 42.5 Å². The number of fused-ring (bicyclic) bond motifs is 1. The molecule has 0 aliphatic carbocycles.